The van der Waals surface area contributed by atoms with Crippen molar-refractivity contribution in [1.29, 1.82) is 0 Å². The molecule has 1 saturated heterocycles. The Hall–Kier alpha value is -3.68. The second-order valence-electron chi connectivity index (χ2n) is 6.72. The van der Waals surface area contributed by atoms with Crippen LogP contribution in [0, 0.1) is 10.1 Å². The zero-order chi connectivity index (χ0) is 21.6. The Morgan fingerprint density at radius 1 is 1.23 bits per heavy atom. The molecule has 0 saturated carbocycles. The topological polar surface area (TPSA) is 200 Å². The van der Waals surface area contributed by atoms with E-state index in [1.165, 1.54) is 23.0 Å². The number of aliphatic carboxylic acids is 1. The number of rotatable bonds is 5. The lowest BCUT2D eigenvalue weighted by molar-refractivity contribution is -0.384. The number of imidazole rings is 1. The molecule has 1 aliphatic rings. The van der Waals surface area contributed by atoms with Gasteiger partial charge in [-0.05, 0) is 5.56 Å². The fourth-order valence-corrected chi connectivity index (χ4v) is 3.26. The van der Waals surface area contributed by atoms with Gasteiger partial charge in [0, 0.05) is 18.6 Å². The molecule has 1 aromatic carbocycles. The highest BCUT2D eigenvalue weighted by atomic mass is 16.6. The number of aliphatic hydroxyl groups is 2. The maximum atomic E-state index is 11.2. The predicted octanol–water partition coefficient (Wildman–Crippen LogP) is -0.389. The van der Waals surface area contributed by atoms with Gasteiger partial charge in [0.1, 0.15) is 23.5 Å². The number of nitrogens with two attached hydrogens (primary N) is 1. The lowest BCUT2D eigenvalue weighted by atomic mass is 10.1. The van der Waals surface area contributed by atoms with Gasteiger partial charge < -0.3 is 25.8 Å². The molecule has 2 aromatic heterocycles. The van der Waals surface area contributed by atoms with E-state index in [0.29, 0.717) is 5.56 Å². The van der Waals surface area contributed by atoms with Gasteiger partial charge in [-0.3, -0.25) is 14.7 Å². The molecule has 1 aliphatic heterocycles. The number of aromatic nitrogens is 4. The number of nitrogens with zero attached hydrogens (tertiary/aromatic N) is 5. The smallest absolute Gasteiger partial charge is 0.335 e. The summed E-state index contributed by atoms with van der Waals surface area (Å²) in [6.07, 6.45) is -4.55. The maximum absolute atomic E-state index is 11.2. The van der Waals surface area contributed by atoms with Crippen molar-refractivity contribution < 1.29 is 29.8 Å². The second kappa shape index (κ2) is 7.29. The number of non-ortho nitro benzene ring substituents is 1. The summed E-state index contributed by atoms with van der Waals surface area (Å²) in [5.41, 5.74) is 7.01. The van der Waals surface area contributed by atoms with Crippen LogP contribution in [0.5, 0.6) is 0 Å². The second-order valence-corrected chi connectivity index (χ2v) is 6.72. The Kier molecular flexibility index (Phi) is 4.77. The number of ether oxygens (including phenoxy) is 1. The normalized spacial score (nSPS) is 23.7. The number of carboxylic acid groups (broad SMARTS) is 1. The first kappa shape index (κ1) is 19.6. The van der Waals surface area contributed by atoms with Crippen LogP contribution in [0.2, 0.25) is 0 Å². The average Bonchev–Trinajstić information content (AvgIpc) is 3.24. The van der Waals surface area contributed by atoms with Crippen LogP contribution in [0.15, 0.2) is 30.6 Å². The first-order chi connectivity index (χ1) is 14.3. The van der Waals surface area contributed by atoms with Gasteiger partial charge in [-0.25, -0.2) is 19.7 Å². The molecule has 30 heavy (non-hydrogen) atoms. The third kappa shape index (κ3) is 3.30. The summed E-state index contributed by atoms with van der Waals surface area (Å²) in [6.45, 7) is 0. The number of nitrogen functional groups attached to an aromatic ring is 1. The SMILES string of the molecule is Nc1nc(Cc2ccc([N+](=O)[O-])cc2)nc2c1ncn2[C@@H]1O[C@H](C(=O)O)[C@@H](O)[C@H]1O. The summed E-state index contributed by atoms with van der Waals surface area (Å²) < 4.78 is 6.57. The van der Waals surface area contributed by atoms with Crippen LogP contribution in [0.4, 0.5) is 11.5 Å². The van der Waals surface area contributed by atoms with Crippen LogP contribution >= 0.6 is 0 Å². The highest BCUT2D eigenvalue weighted by Crippen LogP contribution is 2.32. The van der Waals surface area contributed by atoms with E-state index in [9.17, 15) is 25.1 Å². The molecule has 0 amide bonds. The van der Waals surface area contributed by atoms with Gasteiger partial charge in [-0.2, -0.15) is 0 Å². The van der Waals surface area contributed by atoms with Crippen LogP contribution in [0.25, 0.3) is 11.2 Å². The molecule has 4 rings (SSSR count). The standard InChI is InChI=1S/C17H16N6O7/c18-14-10-15(21-9(20-14)5-7-1-3-8(4-2-7)23(28)29)22(6-19-10)16-12(25)11(24)13(30-16)17(26)27/h1-4,6,11-13,16,24-25H,5H2,(H,26,27)(H2,18,20,21)/t11-,12+,13-,16+/m0/s1. The molecule has 0 aliphatic carbocycles. The zero-order valence-electron chi connectivity index (χ0n) is 15.2. The van der Waals surface area contributed by atoms with E-state index in [2.05, 4.69) is 15.0 Å². The number of hydrogen-bond donors (Lipinski definition) is 4. The number of nitro benzene ring substituents is 1. The molecular formula is C17H16N6O7. The van der Waals surface area contributed by atoms with Gasteiger partial charge in [0.15, 0.2) is 23.8 Å². The summed E-state index contributed by atoms with van der Waals surface area (Å²) in [6, 6.07) is 5.85. The highest BCUT2D eigenvalue weighted by Gasteiger charge is 2.48. The molecule has 5 N–H and O–H groups in total. The lowest BCUT2D eigenvalue weighted by Crippen LogP contribution is -2.35. The van der Waals surface area contributed by atoms with Gasteiger partial charge in [0.25, 0.3) is 5.69 Å². The number of hydrogen-bond acceptors (Lipinski definition) is 10. The van der Waals surface area contributed by atoms with Crippen molar-refractivity contribution in [2.45, 2.75) is 31.0 Å². The van der Waals surface area contributed by atoms with Crippen molar-refractivity contribution in [3.63, 3.8) is 0 Å². The number of carboxylic acids is 1. The molecule has 4 atom stereocenters. The lowest BCUT2D eigenvalue weighted by Gasteiger charge is -2.16. The summed E-state index contributed by atoms with van der Waals surface area (Å²) in [4.78, 5) is 34.1. The monoisotopic (exact) mass is 416 g/mol. The van der Waals surface area contributed by atoms with Crippen molar-refractivity contribution in [1.82, 2.24) is 19.5 Å². The molecule has 3 aromatic rings. The van der Waals surface area contributed by atoms with Gasteiger partial charge in [-0.1, -0.05) is 12.1 Å². The molecule has 0 radical (unpaired) electrons. The molecule has 13 nitrogen and oxygen atoms in total. The van der Waals surface area contributed by atoms with Crippen molar-refractivity contribution in [2.24, 2.45) is 0 Å². The zero-order valence-corrected chi connectivity index (χ0v) is 15.2. The Bertz CT molecular complexity index is 1130. The van der Waals surface area contributed by atoms with Gasteiger partial charge in [0.05, 0.1) is 11.3 Å². The predicted molar refractivity (Wildman–Crippen MR) is 99.2 cm³/mol. The fraction of sp³-hybridized carbons (Fsp3) is 0.294. The van der Waals surface area contributed by atoms with E-state index in [0.717, 1.165) is 0 Å². The first-order valence-electron chi connectivity index (χ1n) is 8.73. The number of anilines is 1. The van der Waals surface area contributed by atoms with Gasteiger partial charge >= 0.3 is 5.97 Å². The van der Waals surface area contributed by atoms with Crippen molar-refractivity contribution in [3.8, 4) is 0 Å². The Labute approximate surface area is 167 Å². The quantitative estimate of drug-likeness (QED) is 0.312. The van der Waals surface area contributed by atoms with Crippen molar-refractivity contribution in [3.05, 3.63) is 52.1 Å². The van der Waals surface area contributed by atoms with Gasteiger partial charge in [-0.15, -0.1) is 0 Å². The van der Waals surface area contributed by atoms with Crippen LogP contribution in [0.3, 0.4) is 0 Å². The number of fused-ring (bicyclic) bond motifs is 1. The maximum Gasteiger partial charge on any atom is 0.335 e. The van der Waals surface area contributed by atoms with E-state index in [4.69, 9.17) is 15.6 Å². The van der Waals surface area contributed by atoms with E-state index in [1.54, 1.807) is 12.1 Å². The summed E-state index contributed by atoms with van der Waals surface area (Å²) >= 11 is 0. The minimum Gasteiger partial charge on any atom is -0.479 e. The van der Waals surface area contributed by atoms with Crippen molar-refractivity contribution in [2.75, 3.05) is 5.73 Å². The fourth-order valence-electron chi connectivity index (χ4n) is 3.26. The molecule has 156 valence electrons. The number of carbonyl (C=O) groups is 1. The molecule has 0 unspecified atom stereocenters. The van der Waals surface area contributed by atoms with E-state index >= 15 is 0 Å². The van der Waals surface area contributed by atoms with E-state index in [1.807, 2.05) is 0 Å². The molecule has 0 spiro atoms. The number of aliphatic hydroxyl groups excluding tert-OH is 2. The summed E-state index contributed by atoms with van der Waals surface area (Å²) in [5.74, 6) is -1.08. The van der Waals surface area contributed by atoms with E-state index < -0.39 is 35.4 Å². The van der Waals surface area contributed by atoms with Crippen LogP contribution in [-0.4, -0.2) is 64.0 Å². The van der Waals surface area contributed by atoms with Crippen LogP contribution < -0.4 is 5.73 Å². The van der Waals surface area contributed by atoms with E-state index in [-0.39, 0.29) is 34.9 Å². The van der Waals surface area contributed by atoms with Crippen LogP contribution in [0.1, 0.15) is 17.6 Å². The number of nitro groups is 1. The minimum absolute atomic E-state index is 0.0494. The minimum atomic E-state index is -1.64. The largest absolute Gasteiger partial charge is 0.479 e. The molecule has 0 bridgehead atoms. The molecule has 3 heterocycles. The Balaban J connectivity index is 1.68. The highest BCUT2D eigenvalue weighted by molar-refractivity contribution is 5.81. The molecule has 1 fully saturated rings. The molecular weight excluding hydrogens is 400 g/mol. The summed E-state index contributed by atoms with van der Waals surface area (Å²) in [7, 11) is 0. The van der Waals surface area contributed by atoms with Crippen LogP contribution in [-0.2, 0) is 16.0 Å². The van der Waals surface area contributed by atoms with Crippen molar-refractivity contribution >= 4 is 28.6 Å². The third-order valence-electron chi connectivity index (χ3n) is 4.76. The summed E-state index contributed by atoms with van der Waals surface area (Å²) in [5, 5.41) is 40.1. The first-order valence-corrected chi connectivity index (χ1v) is 8.73. The number of benzene rings is 1. The average molecular weight is 416 g/mol. The third-order valence-corrected chi connectivity index (χ3v) is 4.76. The Morgan fingerprint density at radius 2 is 1.93 bits per heavy atom. The van der Waals surface area contributed by atoms with Gasteiger partial charge in [0.2, 0.25) is 0 Å². The Morgan fingerprint density at radius 3 is 2.53 bits per heavy atom. The molecule has 13 heteroatoms.